The molecule has 1 aromatic carbocycles. The number of nitrogens with zero attached hydrogens (tertiary/aromatic N) is 5. The number of aryl methyl sites for hydroxylation is 1. The third-order valence-electron chi connectivity index (χ3n) is 6.59. The Morgan fingerprint density at radius 1 is 1.11 bits per heavy atom. The second-order valence-corrected chi connectivity index (χ2v) is 10.2. The number of carbonyl (C=O) groups excluding carboxylic acids is 1. The largest absolute Gasteiger partial charge is 0.461 e. The van der Waals surface area contributed by atoms with Gasteiger partial charge in [-0.2, -0.15) is 0 Å². The number of benzene rings is 1. The molecular weight excluding hydrogens is 470 g/mol. The van der Waals surface area contributed by atoms with Crippen LogP contribution in [0.3, 0.4) is 0 Å². The van der Waals surface area contributed by atoms with Crippen molar-refractivity contribution in [3.63, 3.8) is 0 Å². The maximum atomic E-state index is 12.1. The van der Waals surface area contributed by atoms with Gasteiger partial charge < -0.3 is 19.4 Å². The van der Waals surface area contributed by atoms with Gasteiger partial charge >= 0.3 is 5.97 Å². The van der Waals surface area contributed by atoms with E-state index in [-0.39, 0.29) is 5.97 Å². The molecule has 36 heavy (non-hydrogen) atoms. The number of hydrogen-bond donors (Lipinski definition) is 0. The molecule has 7 nitrogen and oxygen atoms in total. The van der Waals surface area contributed by atoms with Gasteiger partial charge in [0.2, 0.25) is 0 Å². The van der Waals surface area contributed by atoms with Gasteiger partial charge in [0, 0.05) is 74.2 Å². The Bertz CT molecular complexity index is 1140. The lowest BCUT2D eigenvalue weighted by atomic mass is 10.0. The number of hydrogen-bond acceptors (Lipinski definition) is 8. The molecule has 1 aliphatic heterocycles. The number of ether oxygens (including phenoxy) is 1. The average molecular weight is 508 g/mol. The Kier molecular flexibility index (Phi) is 9.07. The summed E-state index contributed by atoms with van der Waals surface area (Å²) in [6.45, 7) is 12.8. The average Bonchev–Trinajstić information content (AvgIpc) is 3.38. The van der Waals surface area contributed by atoms with Crippen LogP contribution in [0.4, 0.5) is 10.8 Å². The fourth-order valence-electron chi connectivity index (χ4n) is 4.40. The first-order valence-electron chi connectivity index (χ1n) is 12.9. The van der Waals surface area contributed by atoms with Gasteiger partial charge in [-0.25, -0.2) is 9.78 Å². The van der Waals surface area contributed by atoms with Crippen LogP contribution in [0, 0.1) is 6.92 Å². The summed E-state index contributed by atoms with van der Waals surface area (Å²) in [6, 6.07) is 10.8. The number of piperazine rings is 1. The van der Waals surface area contributed by atoms with Crippen LogP contribution in [0.25, 0.3) is 11.1 Å². The van der Waals surface area contributed by atoms with E-state index in [1.54, 1.807) is 12.3 Å². The maximum absolute atomic E-state index is 12.1. The van der Waals surface area contributed by atoms with Gasteiger partial charge in [-0.15, -0.1) is 11.3 Å². The normalized spacial score (nSPS) is 14.7. The zero-order valence-corrected chi connectivity index (χ0v) is 22.7. The highest BCUT2D eigenvalue weighted by atomic mass is 32.1. The van der Waals surface area contributed by atoms with Gasteiger partial charge in [0.1, 0.15) is 0 Å². The van der Waals surface area contributed by atoms with Crippen molar-refractivity contribution in [3.05, 3.63) is 58.9 Å². The standard InChI is InChI=1S/C28H37N5O2S/c1-5-12-33(28-30-25(20-36-28)27(34)35-6-2)26-18-22(8-7-21(26)3)23-9-10-24(29-19-23)11-13-32-16-14-31(4)15-17-32/h7-10,18-20H,5-6,11-17H2,1-4H3. The third-order valence-corrected chi connectivity index (χ3v) is 7.46. The van der Waals surface area contributed by atoms with Crippen molar-refractivity contribution >= 4 is 28.1 Å². The predicted molar refractivity (Wildman–Crippen MR) is 147 cm³/mol. The molecule has 3 heterocycles. The van der Waals surface area contributed by atoms with E-state index in [1.165, 1.54) is 11.3 Å². The molecule has 3 aromatic rings. The van der Waals surface area contributed by atoms with Crippen molar-refractivity contribution in [2.75, 3.05) is 57.8 Å². The molecule has 0 aliphatic carbocycles. The number of likely N-dealkylation sites (N-methyl/N-ethyl adjacent to an activating group) is 1. The highest BCUT2D eigenvalue weighted by Gasteiger charge is 2.19. The van der Waals surface area contributed by atoms with Gasteiger partial charge in [0.25, 0.3) is 0 Å². The molecule has 2 aromatic heterocycles. The number of rotatable bonds is 10. The van der Waals surface area contributed by atoms with Crippen LogP contribution in [0.15, 0.2) is 41.9 Å². The van der Waals surface area contributed by atoms with E-state index in [9.17, 15) is 4.79 Å². The third kappa shape index (κ3) is 6.49. The Balaban J connectivity index is 1.50. The van der Waals surface area contributed by atoms with Crippen LogP contribution in [-0.4, -0.2) is 78.7 Å². The zero-order chi connectivity index (χ0) is 25.5. The molecule has 8 heteroatoms. The lowest BCUT2D eigenvalue weighted by Crippen LogP contribution is -2.45. The maximum Gasteiger partial charge on any atom is 0.357 e. The summed E-state index contributed by atoms with van der Waals surface area (Å²) in [6.07, 6.45) is 3.92. The van der Waals surface area contributed by atoms with E-state index < -0.39 is 0 Å². The molecule has 0 radical (unpaired) electrons. The van der Waals surface area contributed by atoms with Crippen molar-refractivity contribution in [1.29, 1.82) is 0 Å². The molecule has 0 bridgehead atoms. The molecule has 0 N–H and O–H groups in total. The SMILES string of the molecule is CCCN(c1nc(C(=O)OCC)cs1)c1cc(-c2ccc(CCN3CCN(C)CC3)nc2)ccc1C. The minimum absolute atomic E-state index is 0.341. The Labute approximate surface area is 218 Å². The van der Waals surface area contributed by atoms with E-state index >= 15 is 0 Å². The molecule has 1 fully saturated rings. The van der Waals surface area contributed by atoms with Gasteiger partial charge in [-0.3, -0.25) is 4.98 Å². The number of esters is 1. The van der Waals surface area contributed by atoms with Crippen molar-refractivity contribution in [2.24, 2.45) is 0 Å². The fourth-order valence-corrected chi connectivity index (χ4v) is 5.23. The fraction of sp³-hybridized carbons (Fsp3) is 0.464. The number of anilines is 2. The van der Waals surface area contributed by atoms with Crippen LogP contribution >= 0.6 is 11.3 Å². The Morgan fingerprint density at radius 3 is 2.58 bits per heavy atom. The highest BCUT2D eigenvalue weighted by molar-refractivity contribution is 7.14. The first-order valence-corrected chi connectivity index (χ1v) is 13.7. The van der Waals surface area contributed by atoms with Crippen molar-refractivity contribution in [3.8, 4) is 11.1 Å². The quantitative estimate of drug-likeness (QED) is 0.357. The summed E-state index contributed by atoms with van der Waals surface area (Å²) >= 11 is 1.47. The van der Waals surface area contributed by atoms with E-state index in [1.807, 2.05) is 6.20 Å². The summed E-state index contributed by atoms with van der Waals surface area (Å²) in [5.41, 5.74) is 5.98. The first kappa shape index (κ1) is 26.3. The molecule has 0 unspecified atom stereocenters. The second-order valence-electron chi connectivity index (χ2n) is 9.32. The lowest BCUT2D eigenvalue weighted by Gasteiger charge is -2.32. The van der Waals surface area contributed by atoms with E-state index in [2.05, 4.69) is 70.9 Å². The van der Waals surface area contributed by atoms with Crippen molar-refractivity contribution in [2.45, 2.75) is 33.6 Å². The van der Waals surface area contributed by atoms with Crippen molar-refractivity contribution < 1.29 is 9.53 Å². The highest BCUT2D eigenvalue weighted by Crippen LogP contribution is 2.34. The lowest BCUT2D eigenvalue weighted by molar-refractivity contribution is 0.0520. The first-order chi connectivity index (χ1) is 17.5. The van der Waals surface area contributed by atoms with Gasteiger partial charge in [0.15, 0.2) is 10.8 Å². The van der Waals surface area contributed by atoms with Crippen LogP contribution in [0.1, 0.15) is 42.0 Å². The Hall–Kier alpha value is -2.81. The van der Waals surface area contributed by atoms with Gasteiger partial charge in [-0.1, -0.05) is 25.1 Å². The van der Waals surface area contributed by atoms with Crippen LogP contribution in [0.5, 0.6) is 0 Å². The number of carbonyl (C=O) groups is 1. The smallest absolute Gasteiger partial charge is 0.357 e. The summed E-state index contributed by atoms with van der Waals surface area (Å²) in [7, 11) is 2.19. The molecule has 1 aliphatic rings. The van der Waals surface area contributed by atoms with E-state index in [0.29, 0.717) is 12.3 Å². The second kappa shape index (κ2) is 12.4. The van der Waals surface area contributed by atoms with E-state index in [0.717, 1.165) is 85.3 Å². The Morgan fingerprint density at radius 2 is 1.89 bits per heavy atom. The summed E-state index contributed by atoms with van der Waals surface area (Å²) in [4.78, 5) is 28.6. The molecule has 0 spiro atoms. The van der Waals surface area contributed by atoms with E-state index in [4.69, 9.17) is 9.72 Å². The molecule has 1 saturated heterocycles. The van der Waals surface area contributed by atoms with Crippen LogP contribution in [0.2, 0.25) is 0 Å². The summed E-state index contributed by atoms with van der Waals surface area (Å²) in [5, 5.41) is 2.58. The molecule has 0 amide bonds. The molecule has 4 rings (SSSR count). The number of aromatic nitrogens is 2. The minimum Gasteiger partial charge on any atom is -0.461 e. The topological polar surface area (TPSA) is 61.8 Å². The summed E-state index contributed by atoms with van der Waals surface area (Å²) < 4.78 is 5.13. The molecule has 0 atom stereocenters. The van der Waals surface area contributed by atoms with Crippen molar-refractivity contribution in [1.82, 2.24) is 19.8 Å². The minimum atomic E-state index is -0.374. The molecular formula is C28H37N5O2S. The van der Waals surface area contributed by atoms with Crippen LogP contribution in [-0.2, 0) is 11.2 Å². The monoisotopic (exact) mass is 507 g/mol. The predicted octanol–water partition coefficient (Wildman–Crippen LogP) is 5.03. The number of pyridine rings is 1. The summed E-state index contributed by atoms with van der Waals surface area (Å²) in [5.74, 6) is -0.374. The zero-order valence-electron chi connectivity index (χ0n) is 21.9. The van der Waals surface area contributed by atoms with Crippen LogP contribution < -0.4 is 4.90 Å². The van der Waals surface area contributed by atoms with Gasteiger partial charge in [0.05, 0.1) is 6.61 Å². The number of thiazole rings is 1. The van der Waals surface area contributed by atoms with Gasteiger partial charge in [-0.05, 0) is 50.6 Å². The molecule has 192 valence electrons. The molecule has 0 saturated carbocycles.